The van der Waals surface area contributed by atoms with Crippen LogP contribution < -0.4 is 5.32 Å². The van der Waals surface area contributed by atoms with Crippen molar-refractivity contribution in [1.82, 2.24) is 10.2 Å². The van der Waals surface area contributed by atoms with Gasteiger partial charge in [-0.2, -0.15) is 0 Å². The van der Waals surface area contributed by atoms with Crippen molar-refractivity contribution in [2.24, 2.45) is 5.92 Å². The van der Waals surface area contributed by atoms with Gasteiger partial charge in [0.2, 0.25) is 11.8 Å². The topological polar surface area (TPSA) is 49.4 Å². The average Bonchev–Trinajstić information content (AvgIpc) is 2.11. The summed E-state index contributed by atoms with van der Waals surface area (Å²) in [5.74, 6) is 2.45. The van der Waals surface area contributed by atoms with Crippen LogP contribution in [0.4, 0.5) is 0 Å². The van der Waals surface area contributed by atoms with Crippen LogP contribution in [-0.2, 0) is 9.59 Å². The fourth-order valence-electron chi connectivity index (χ4n) is 1.47. The molecule has 14 heavy (non-hydrogen) atoms. The highest BCUT2D eigenvalue weighted by Gasteiger charge is 2.29. The second kappa shape index (κ2) is 4.14. The zero-order chi connectivity index (χ0) is 10.7. The van der Waals surface area contributed by atoms with Gasteiger partial charge in [0.05, 0.1) is 12.6 Å². The van der Waals surface area contributed by atoms with E-state index in [1.165, 1.54) is 4.90 Å². The van der Waals surface area contributed by atoms with E-state index >= 15 is 0 Å². The van der Waals surface area contributed by atoms with E-state index in [0.717, 1.165) is 0 Å². The van der Waals surface area contributed by atoms with Gasteiger partial charge < -0.3 is 10.2 Å². The molecule has 76 valence electrons. The van der Waals surface area contributed by atoms with Crippen molar-refractivity contribution in [2.45, 2.75) is 19.9 Å². The molecule has 0 aromatic carbocycles. The predicted molar refractivity (Wildman–Crippen MR) is 52.2 cm³/mol. The highest BCUT2D eigenvalue weighted by molar-refractivity contribution is 5.92. The van der Waals surface area contributed by atoms with Crippen molar-refractivity contribution in [3.8, 4) is 12.3 Å². The first-order chi connectivity index (χ1) is 6.56. The van der Waals surface area contributed by atoms with Crippen LogP contribution in [-0.4, -0.2) is 35.8 Å². The van der Waals surface area contributed by atoms with Gasteiger partial charge in [0.1, 0.15) is 6.54 Å². The minimum Gasteiger partial charge on any atom is -0.345 e. The van der Waals surface area contributed by atoms with Crippen LogP contribution in [0.1, 0.15) is 13.8 Å². The smallest absolute Gasteiger partial charge is 0.243 e. The van der Waals surface area contributed by atoms with E-state index in [1.54, 1.807) is 0 Å². The Kier molecular flexibility index (Phi) is 3.13. The van der Waals surface area contributed by atoms with Crippen molar-refractivity contribution in [3.05, 3.63) is 0 Å². The zero-order valence-electron chi connectivity index (χ0n) is 8.41. The number of terminal acetylenes is 1. The summed E-state index contributed by atoms with van der Waals surface area (Å²) in [7, 11) is 0. The molecule has 4 heteroatoms. The molecule has 0 spiro atoms. The lowest BCUT2D eigenvalue weighted by atomic mass is 10.0. The molecule has 0 aromatic heterocycles. The van der Waals surface area contributed by atoms with Crippen molar-refractivity contribution in [3.63, 3.8) is 0 Å². The summed E-state index contributed by atoms with van der Waals surface area (Å²) in [5, 5.41) is 2.48. The fourth-order valence-corrected chi connectivity index (χ4v) is 1.47. The maximum Gasteiger partial charge on any atom is 0.243 e. The third-order valence-electron chi connectivity index (χ3n) is 2.21. The number of nitrogens with zero attached hydrogens (tertiary/aromatic N) is 1. The molecule has 0 saturated carbocycles. The summed E-state index contributed by atoms with van der Waals surface area (Å²) in [5.41, 5.74) is 0. The largest absolute Gasteiger partial charge is 0.345 e. The van der Waals surface area contributed by atoms with E-state index in [0.29, 0.717) is 0 Å². The van der Waals surface area contributed by atoms with Gasteiger partial charge in [-0.3, -0.25) is 9.59 Å². The summed E-state index contributed by atoms with van der Waals surface area (Å²) in [6.45, 7) is 4.00. The van der Waals surface area contributed by atoms with Crippen molar-refractivity contribution < 1.29 is 9.59 Å². The second-order valence-electron chi connectivity index (χ2n) is 3.65. The molecular formula is C10H14N2O2. The quantitative estimate of drug-likeness (QED) is 0.608. The minimum absolute atomic E-state index is 0.0593. The first-order valence-electron chi connectivity index (χ1n) is 4.58. The van der Waals surface area contributed by atoms with Gasteiger partial charge >= 0.3 is 0 Å². The summed E-state index contributed by atoms with van der Waals surface area (Å²) in [6, 6.07) is -0.284. The Hall–Kier alpha value is -1.50. The van der Waals surface area contributed by atoms with E-state index in [4.69, 9.17) is 6.42 Å². The van der Waals surface area contributed by atoms with Crippen LogP contribution in [0, 0.1) is 18.3 Å². The standard InChI is InChI=1S/C10H14N2O2/c1-4-8(7(2)3)12-6-9(13)11-5-10(12)14/h1,7-8H,5-6H2,2-3H3,(H,11,13). The van der Waals surface area contributed by atoms with Crippen LogP contribution >= 0.6 is 0 Å². The van der Waals surface area contributed by atoms with Gasteiger partial charge in [-0.15, -0.1) is 6.42 Å². The maximum absolute atomic E-state index is 11.5. The van der Waals surface area contributed by atoms with E-state index in [9.17, 15) is 9.59 Å². The SMILES string of the molecule is C#CC(C(C)C)N1CC(=O)NCC1=O. The molecule has 0 aromatic rings. The molecule has 4 nitrogen and oxygen atoms in total. The van der Waals surface area contributed by atoms with Gasteiger partial charge in [-0.05, 0) is 5.92 Å². The Morgan fingerprint density at radius 2 is 2.14 bits per heavy atom. The summed E-state index contributed by atoms with van der Waals surface area (Å²) >= 11 is 0. The molecule has 0 aliphatic carbocycles. The molecular weight excluding hydrogens is 180 g/mol. The predicted octanol–water partition coefficient (Wildman–Crippen LogP) is -0.397. The van der Waals surface area contributed by atoms with E-state index in [2.05, 4.69) is 11.2 Å². The van der Waals surface area contributed by atoms with E-state index in [-0.39, 0.29) is 36.9 Å². The molecule has 1 unspecified atom stereocenters. The van der Waals surface area contributed by atoms with Crippen LogP contribution in [0.15, 0.2) is 0 Å². The highest BCUT2D eigenvalue weighted by atomic mass is 16.2. The van der Waals surface area contributed by atoms with Crippen LogP contribution in [0.25, 0.3) is 0 Å². The Bertz CT molecular complexity index is 291. The number of carbonyl (C=O) groups excluding carboxylic acids is 2. The highest BCUT2D eigenvalue weighted by Crippen LogP contribution is 2.11. The van der Waals surface area contributed by atoms with Crippen molar-refractivity contribution in [2.75, 3.05) is 13.1 Å². The van der Waals surface area contributed by atoms with Crippen LogP contribution in [0.5, 0.6) is 0 Å². The van der Waals surface area contributed by atoms with Gasteiger partial charge in [0, 0.05) is 0 Å². The monoisotopic (exact) mass is 194 g/mol. The lowest BCUT2D eigenvalue weighted by Gasteiger charge is -2.33. The average molecular weight is 194 g/mol. The molecule has 1 atom stereocenters. The number of rotatable bonds is 2. The Labute approximate surface area is 83.6 Å². The third-order valence-corrected chi connectivity index (χ3v) is 2.21. The number of amides is 2. The lowest BCUT2D eigenvalue weighted by Crippen LogP contribution is -2.56. The molecule has 1 fully saturated rings. The summed E-state index contributed by atoms with van der Waals surface area (Å²) < 4.78 is 0. The summed E-state index contributed by atoms with van der Waals surface area (Å²) in [4.78, 5) is 24.0. The van der Waals surface area contributed by atoms with Gasteiger partial charge in [-0.1, -0.05) is 19.8 Å². The molecule has 0 radical (unpaired) electrons. The normalized spacial score (nSPS) is 19.1. The van der Waals surface area contributed by atoms with E-state index in [1.807, 2.05) is 13.8 Å². The molecule has 1 aliphatic heterocycles. The molecule has 1 saturated heterocycles. The minimum atomic E-state index is -0.284. The number of nitrogens with one attached hydrogen (secondary N) is 1. The van der Waals surface area contributed by atoms with E-state index < -0.39 is 0 Å². The Morgan fingerprint density at radius 3 is 2.64 bits per heavy atom. The summed E-state index contributed by atoms with van der Waals surface area (Å²) in [6.07, 6.45) is 5.34. The molecule has 1 heterocycles. The number of hydrogen-bond donors (Lipinski definition) is 1. The molecule has 1 aliphatic rings. The van der Waals surface area contributed by atoms with Crippen LogP contribution in [0.2, 0.25) is 0 Å². The molecule has 1 N–H and O–H groups in total. The van der Waals surface area contributed by atoms with Gasteiger partial charge in [0.25, 0.3) is 0 Å². The maximum atomic E-state index is 11.5. The fraction of sp³-hybridized carbons (Fsp3) is 0.600. The lowest BCUT2D eigenvalue weighted by molar-refractivity contribution is -0.142. The molecule has 0 bridgehead atoms. The Balaban J connectivity index is 2.78. The van der Waals surface area contributed by atoms with Crippen molar-refractivity contribution in [1.29, 1.82) is 0 Å². The molecule has 1 rings (SSSR count). The number of piperazine rings is 1. The first-order valence-corrected chi connectivity index (χ1v) is 4.58. The number of hydrogen-bond acceptors (Lipinski definition) is 2. The zero-order valence-corrected chi connectivity index (χ0v) is 8.41. The van der Waals surface area contributed by atoms with Gasteiger partial charge in [0.15, 0.2) is 0 Å². The first kappa shape index (κ1) is 10.6. The van der Waals surface area contributed by atoms with Crippen LogP contribution in [0.3, 0.4) is 0 Å². The Morgan fingerprint density at radius 1 is 1.50 bits per heavy atom. The van der Waals surface area contributed by atoms with Crippen molar-refractivity contribution >= 4 is 11.8 Å². The third kappa shape index (κ3) is 2.05. The second-order valence-corrected chi connectivity index (χ2v) is 3.65. The molecule has 2 amide bonds. The van der Waals surface area contributed by atoms with Gasteiger partial charge in [-0.25, -0.2) is 0 Å². The number of carbonyl (C=O) groups is 2.